The summed E-state index contributed by atoms with van der Waals surface area (Å²) in [5.74, 6) is 2.12. The summed E-state index contributed by atoms with van der Waals surface area (Å²) in [6.07, 6.45) is 5.10. The highest BCUT2D eigenvalue weighted by molar-refractivity contribution is 8.00. The first-order valence-corrected chi connectivity index (χ1v) is 10.2. The highest BCUT2D eigenvalue weighted by Gasteiger charge is 2.32. The zero-order valence-corrected chi connectivity index (χ0v) is 16.1. The van der Waals surface area contributed by atoms with E-state index in [1.54, 1.807) is 11.8 Å². The number of nitrogens with zero attached hydrogens (tertiary/aromatic N) is 2. The van der Waals surface area contributed by atoms with Crippen molar-refractivity contribution in [2.45, 2.75) is 51.3 Å². The van der Waals surface area contributed by atoms with Crippen molar-refractivity contribution in [1.82, 2.24) is 14.9 Å². The number of H-pyrrole nitrogens is 1. The first-order valence-electron chi connectivity index (χ1n) is 9.14. The van der Waals surface area contributed by atoms with Crippen LogP contribution in [-0.4, -0.2) is 38.3 Å². The predicted molar refractivity (Wildman–Crippen MR) is 105 cm³/mol. The summed E-state index contributed by atoms with van der Waals surface area (Å²) in [6, 6.07) is 8.50. The third-order valence-corrected chi connectivity index (χ3v) is 5.86. The fourth-order valence-electron chi connectivity index (χ4n) is 3.42. The number of aromatic amines is 1. The van der Waals surface area contributed by atoms with E-state index in [4.69, 9.17) is 0 Å². The molecule has 1 aromatic carbocycles. The van der Waals surface area contributed by atoms with Crippen molar-refractivity contribution < 1.29 is 4.79 Å². The van der Waals surface area contributed by atoms with E-state index in [-0.39, 0.29) is 17.2 Å². The Kier molecular flexibility index (Phi) is 5.84. The molecule has 1 saturated heterocycles. The molecule has 1 aliphatic rings. The SMILES string of the molecule is CCSC(C)C(=O)N1CCCCC1c1ncc(-c2ccc(C)cc2)[nH]1. The molecular formula is C20H27N3OS. The number of carbonyl (C=O) groups excluding carboxylic acids is 1. The van der Waals surface area contributed by atoms with Gasteiger partial charge in [-0.2, -0.15) is 0 Å². The van der Waals surface area contributed by atoms with Gasteiger partial charge in [0.25, 0.3) is 0 Å². The molecule has 134 valence electrons. The lowest BCUT2D eigenvalue weighted by Crippen LogP contribution is -2.42. The number of aromatic nitrogens is 2. The molecule has 1 N–H and O–H groups in total. The Labute approximate surface area is 154 Å². The average molecular weight is 358 g/mol. The van der Waals surface area contributed by atoms with Crippen molar-refractivity contribution in [1.29, 1.82) is 0 Å². The number of amides is 1. The molecule has 2 aromatic rings. The van der Waals surface area contributed by atoms with Crippen LogP contribution >= 0.6 is 11.8 Å². The van der Waals surface area contributed by atoms with Crippen molar-refractivity contribution >= 4 is 17.7 Å². The van der Waals surface area contributed by atoms with Crippen LogP contribution in [0.2, 0.25) is 0 Å². The molecule has 2 unspecified atom stereocenters. The maximum Gasteiger partial charge on any atom is 0.236 e. The fraction of sp³-hybridized carbons (Fsp3) is 0.500. The number of likely N-dealkylation sites (tertiary alicyclic amines) is 1. The van der Waals surface area contributed by atoms with Crippen molar-refractivity contribution in [3.8, 4) is 11.3 Å². The quantitative estimate of drug-likeness (QED) is 0.852. The number of hydrogen-bond acceptors (Lipinski definition) is 3. The first kappa shape index (κ1) is 18.1. The Morgan fingerprint density at radius 2 is 2.12 bits per heavy atom. The second-order valence-electron chi connectivity index (χ2n) is 6.69. The maximum atomic E-state index is 12.8. The van der Waals surface area contributed by atoms with Gasteiger partial charge in [0.2, 0.25) is 5.91 Å². The summed E-state index contributed by atoms with van der Waals surface area (Å²) in [5, 5.41) is 0.0112. The van der Waals surface area contributed by atoms with Crippen LogP contribution in [0.25, 0.3) is 11.3 Å². The number of nitrogens with one attached hydrogen (secondary N) is 1. The number of benzene rings is 1. The van der Waals surface area contributed by atoms with E-state index >= 15 is 0 Å². The number of carbonyl (C=O) groups is 1. The zero-order chi connectivity index (χ0) is 17.8. The monoisotopic (exact) mass is 357 g/mol. The van der Waals surface area contributed by atoms with Crippen LogP contribution < -0.4 is 0 Å². The molecule has 5 heteroatoms. The second-order valence-corrected chi connectivity index (χ2v) is 8.31. The summed E-state index contributed by atoms with van der Waals surface area (Å²) in [5.41, 5.74) is 3.40. The van der Waals surface area contributed by atoms with Crippen molar-refractivity contribution in [3.05, 3.63) is 41.9 Å². The van der Waals surface area contributed by atoms with E-state index in [1.807, 2.05) is 18.0 Å². The number of piperidine rings is 1. The van der Waals surface area contributed by atoms with Gasteiger partial charge < -0.3 is 9.88 Å². The maximum absolute atomic E-state index is 12.8. The molecule has 0 bridgehead atoms. The minimum Gasteiger partial charge on any atom is -0.340 e. The molecule has 25 heavy (non-hydrogen) atoms. The smallest absolute Gasteiger partial charge is 0.236 e. The van der Waals surface area contributed by atoms with Gasteiger partial charge in [-0.15, -0.1) is 11.8 Å². The van der Waals surface area contributed by atoms with Gasteiger partial charge in [0, 0.05) is 6.54 Å². The number of aryl methyl sites for hydroxylation is 1. The lowest BCUT2D eigenvalue weighted by atomic mass is 10.0. The normalized spacial score (nSPS) is 19.0. The summed E-state index contributed by atoms with van der Waals surface area (Å²) in [4.78, 5) is 23.0. The third kappa shape index (κ3) is 4.09. The van der Waals surface area contributed by atoms with Crippen LogP contribution in [0.3, 0.4) is 0 Å². The highest BCUT2D eigenvalue weighted by atomic mass is 32.2. The van der Waals surface area contributed by atoms with Gasteiger partial charge in [-0.3, -0.25) is 4.79 Å². The van der Waals surface area contributed by atoms with Crippen LogP contribution in [0.5, 0.6) is 0 Å². The van der Waals surface area contributed by atoms with Gasteiger partial charge in [0.15, 0.2) is 0 Å². The van der Waals surface area contributed by atoms with E-state index in [0.717, 1.165) is 48.6 Å². The van der Waals surface area contributed by atoms with Gasteiger partial charge in [-0.25, -0.2) is 4.98 Å². The van der Waals surface area contributed by atoms with Gasteiger partial charge in [-0.05, 0) is 44.4 Å². The summed E-state index contributed by atoms with van der Waals surface area (Å²) in [6.45, 7) is 7.03. The van der Waals surface area contributed by atoms with E-state index in [2.05, 4.69) is 48.1 Å². The standard InChI is InChI=1S/C20H27N3OS/c1-4-25-15(3)20(24)23-12-6-5-7-18(23)19-21-13-17(22-19)16-10-8-14(2)9-11-16/h8-11,13,15,18H,4-7,12H2,1-3H3,(H,21,22). The molecule has 3 rings (SSSR count). The Morgan fingerprint density at radius 1 is 1.36 bits per heavy atom. The van der Waals surface area contributed by atoms with Gasteiger partial charge in [0.1, 0.15) is 5.82 Å². The summed E-state index contributed by atoms with van der Waals surface area (Å²) < 4.78 is 0. The second kappa shape index (κ2) is 8.09. The lowest BCUT2D eigenvalue weighted by Gasteiger charge is -2.36. The molecule has 0 saturated carbocycles. The molecule has 1 amide bonds. The van der Waals surface area contributed by atoms with Gasteiger partial charge in [0.05, 0.1) is 23.2 Å². The van der Waals surface area contributed by atoms with E-state index < -0.39 is 0 Å². The van der Waals surface area contributed by atoms with E-state index in [1.165, 1.54) is 5.56 Å². The Morgan fingerprint density at radius 3 is 2.84 bits per heavy atom. The Bertz CT molecular complexity index is 710. The Hall–Kier alpha value is -1.75. The first-order chi connectivity index (χ1) is 12.1. The van der Waals surface area contributed by atoms with Crippen LogP contribution in [0.15, 0.2) is 30.5 Å². The molecule has 2 heterocycles. The summed E-state index contributed by atoms with van der Waals surface area (Å²) in [7, 11) is 0. The van der Waals surface area contributed by atoms with Crippen molar-refractivity contribution in [2.75, 3.05) is 12.3 Å². The topological polar surface area (TPSA) is 49.0 Å². The van der Waals surface area contributed by atoms with Crippen LogP contribution in [0, 0.1) is 6.92 Å². The number of thioether (sulfide) groups is 1. The largest absolute Gasteiger partial charge is 0.340 e. The lowest BCUT2D eigenvalue weighted by molar-refractivity contribution is -0.134. The minimum absolute atomic E-state index is 0.0112. The van der Waals surface area contributed by atoms with Gasteiger partial charge in [-0.1, -0.05) is 36.8 Å². The molecular weight excluding hydrogens is 330 g/mol. The van der Waals surface area contributed by atoms with Crippen molar-refractivity contribution in [2.24, 2.45) is 0 Å². The molecule has 1 aromatic heterocycles. The number of imidazole rings is 1. The zero-order valence-electron chi connectivity index (χ0n) is 15.3. The van der Waals surface area contributed by atoms with Crippen LogP contribution in [-0.2, 0) is 4.79 Å². The van der Waals surface area contributed by atoms with E-state index in [0.29, 0.717) is 0 Å². The third-order valence-electron chi connectivity index (χ3n) is 4.82. The van der Waals surface area contributed by atoms with Crippen molar-refractivity contribution in [3.63, 3.8) is 0 Å². The molecule has 4 nitrogen and oxygen atoms in total. The van der Waals surface area contributed by atoms with Crippen LogP contribution in [0.1, 0.15) is 50.5 Å². The molecule has 2 atom stereocenters. The number of rotatable bonds is 5. The molecule has 0 spiro atoms. The molecule has 0 radical (unpaired) electrons. The number of hydrogen-bond donors (Lipinski definition) is 1. The Balaban J connectivity index is 1.81. The molecule has 0 aliphatic carbocycles. The molecule has 1 aliphatic heterocycles. The minimum atomic E-state index is 0.0112. The van der Waals surface area contributed by atoms with Crippen LogP contribution in [0.4, 0.5) is 0 Å². The summed E-state index contributed by atoms with van der Waals surface area (Å²) >= 11 is 1.71. The van der Waals surface area contributed by atoms with E-state index in [9.17, 15) is 4.79 Å². The van der Waals surface area contributed by atoms with Gasteiger partial charge >= 0.3 is 0 Å². The average Bonchev–Trinajstić information content (AvgIpc) is 3.12. The highest BCUT2D eigenvalue weighted by Crippen LogP contribution is 2.32. The predicted octanol–water partition coefficient (Wildman–Crippen LogP) is 4.58. The molecule has 1 fully saturated rings. The fourth-order valence-corrected chi connectivity index (χ4v) is 4.20.